The quantitative estimate of drug-likeness (QED) is 0.396. The van der Waals surface area contributed by atoms with Crippen LogP contribution in [-0.4, -0.2) is 32.0 Å². The van der Waals surface area contributed by atoms with Crippen molar-refractivity contribution in [2.75, 3.05) is 6.61 Å². The van der Waals surface area contributed by atoms with Gasteiger partial charge in [0.05, 0.1) is 20.4 Å². The molecule has 0 bridgehead atoms. The highest BCUT2D eigenvalue weighted by Crippen LogP contribution is 2.42. The zero-order valence-corrected chi connectivity index (χ0v) is 10.0. The summed E-state index contributed by atoms with van der Waals surface area (Å²) < 4.78 is 10.4. The van der Waals surface area contributed by atoms with Gasteiger partial charge in [-0.15, -0.1) is 0 Å². The van der Waals surface area contributed by atoms with E-state index in [9.17, 15) is 4.79 Å². The van der Waals surface area contributed by atoms with Crippen molar-refractivity contribution < 1.29 is 14.3 Å². The van der Waals surface area contributed by atoms with Gasteiger partial charge >= 0.3 is 5.97 Å². The summed E-state index contributed by atoms with van der Waals surface area (Å²) in [6, 6.07) is 0. The third kappa shape index (κ3) is 1.94. The van der Waals surface area contributed by atoms with Crippen LogP contribution in [0, 0.1) is 0 Å². The number of esters is 1. The molecule has 0 saturated carbocycles. The van der Waals surface area contributed by atoms with Crippen LogP contribution in [0.1, 0.15) is 13.8 Å². The second-order valence-electron chi connectivity index (χ2n) is 4.69. The van der Waals surface area contributed by atoms with Gasteiger partial charge in [-0.3, -0.25) is 0 Å². The van der Waals surface area contributed by atoms with E-state index in [1.165, 1.54) is 0 Å². The number of ether oxygens (including phenoxy) is 2. The maximum Gasteiger partial charge on any atom is 0.340 e. The minimum absolute atomic E-state index is 0.124. The van der Waals surface area contributed by atoms with Crippen LogP contribution in [0.4, 0.5) is 0 Å². The lowest BCUT2D eigenvalue weighted by atomic mass is 10.2. The Morgan fingerprint density at radius 3 is 2.38 bits per heavy atom. The predicted molar refractivity (Wildman–Crippen MR) is 53.3 cm³/mol. The summed E-state index contributed by atoms with van der Waals surface area (Å²) in [7, 11) is -1.37. The molecular formula is C9H18O3Si. The van der Waals surface area contributed by atoms with E-state index in [1.807, 2.05) is 13.8 Å². The molecule has 4 heteroatoms. The molecule has 0 spiro atoms. The van der Waals surface area contributed by atoms with Crippen LogP contribution >= 0.6 is 0 Å². The van der Waals surface area contributed by atoms with Crippen LogP contribution in [0.2, 0.25) is 19.6 Å². The van der Waals surface area contributed by atoms with Crippen molar-refractivity contribution in [2.24, 2.45) is 0 Å². The summed E-state index contributed by atoms with van der Waals surface area (Å²) in [5, 5.41) is 0. The van der Waals surface area contributed by atoms with Crippen molar-refractivity contribution in [1.29, 1.82) is 0 Å². The van der Waals surface area contributed by atoms with Crippen molar-refractivity contribution >= 4 is 14.0 Å². The Labute approximate surface area is 80.4 Å². The van der Waals surface area contributed by atoms with E-state index < -0.39 is 13.7 Å². The van der Waals surface area contributed by atoms with Gasteiger partial charge in [0, 0.05) is 0 Å². The molecule has 0 N–H and O–H groups in total. The molecule has 1 saturated heterocycles. The molecule has 0 unspecified atom stereocenters. The maximum absolute atomic E-state index is 11.5. The second-order valence-corrected chi connectivity index (χ2v) is 9.95. The van der Waals surface area contributed by atoms with E-state index in [2.05, 4.69) is 19.6 Å². The van der Waals surface area contributed by atoms with Crippen LogP contribution < -0.4 is 0 Å². The predicted octanol–water partition coefficient (Wildman–Crippen LogP) is 1.58. The Morgan fingerprint density at radius 2 is 2.08 bits per heavy atom. The van der Waals surface area contributed by atoms with Gasteiger partial charge < -0.3 is 9.47 Å². The zero-order chi connectivity index (χ0) is 10.3. The molecule has 1 rings (SSSR count). The lowest BCUT2D eigenvalue weighted by molar-refractivity contribution is -0.148. The van der Waals surface area contributed by atoms with Crippen LogP contribution in [0.3, 0.4) is 0 Å². The maximum atomic E-state index is 11.5. The highest BCUT2D eigenvalue weighted by atomic mass is 28.3. The first-order valence-corrected chi connectivity index (χ1v) is 8.25. The first-order valence-electron chi connectivity index (χ1n) is 4.67. The lowest BCUT2D eigenvalue weighted by Gasteiger charge is -2.14. The summed E-state index contributed by atoms with van der Waals surface area (Å²) in [6.07, 6.45) is 0. The summed E-state index contributed by atoms with van der Waals surface area (Å²) in [4.78, 5) is 11.5. The first kappa shape index (κ1) is 10.7. The number of rotatable bonds is 3. The van der Waals surface area contributed by atoms with Crippen molar-refractivity contribution in [2.45, 2.75) is 44.8 Å². The van der Waals surface area contributed by atoms with Crippen molar-refractivity contribution in [1.82, 2.24) is 0 Å². The molecule has 0 aliphatic carbocycles. The van der Waals surface area contributed by atoms with E-state index in [1.54, 1.807) is 0 Å². The molecule has 0 aromatic heterocycles. The Kier molecular flexibility index (Phi) is 2.56. The molecule has 76 valence electrons. The molecule has 1 fully saturated rings. The molecule has 13 heavy (non-hydrogen) atoms. The van der Waals surface area contributed by atoms with E-state index in [0.29, 0.717) is 6.61 Å². The molecule has 1 aliphatic heterocycles. The van der Waals surface area contributed by atoms with Crippen LogP contribution in [0.5, 0.6) is 0 Å². The van der Waals surface area contributed by atoms with E-state index in [0.717, 1.165) is 0 Å². The van der Waals surface area contributed by atoms with E-state index in [4.69, 9.17) is 9.47 Å². The zero-order valence-electron chi connectivity index (χ0n) is 9.01. The Hall–Kier alpha value is -0.353. The Balaban J connectivity index is 2.59. The normalized spacial score (nSPS) is 32.8. The van der Waals surface area contributed by atoms with Crippen molar-refractivity contribution in [3.8, 4) is 0 Å². The van der Waals surface area contributed by atoms with Gasteiger partial charge in [0.1, 0.15) is 0 Å². The fourth-order valence-corrected chi connectivity index (χ4v) is 4.01. The average molecular weight is 202 g/mol. The topological polar surface area (TPSA) is 38.8 Å². The largest absolute Gasteiger partial charge is 0.464 e. The molecule has 1 aliphatic rings. The molecule has 0 aromatic rings. The van der Waals surface area contributed by atoms with Gasteiger partial charge in [-0.05, 0) is 13.8 Å². The van der Waals surface area contributed by atoms with Gasteiger partial charge in [0.25, 0.3) is 0 Å². The molecule has 1 heterocycles. The van der Waals surface area contributed by atoms with Gasteiger partial charge in [-0.1, -0.05) is 19.6 Å². The molecule has 0 radical (unpaired) electrons. The van der Waals surface area contributed by atoms with Crippen molar-refractivity contribution in [3.05, 3.63) is 0 Å². The van der Waals surface area contributed by atoms with Crippen LogP contribution in [-0.2, 0) is 14.3 Å². The number of hydrogen-bond donors (Lipinski definition) is 0. The second kappa shape index (κ2) is 3.10. The fourth-order valence-electron chi connectivity index (χ4n) is 1.64. The summed E-state index contributed by atoms with van der Waals surface area (Å²) >= 11 is 0. The van der Waals surface area contributed by atoms with Gasteiger partial charge in [-0.2, -0.15) is 0 Å². The van der Waals surface area contributed by atoms with E-state index in [-0.39, 0.29) is 11.7 Å². The molecule has 3 nitrogen and oxygen atoms in total. The highest BCUT2D eigenvalue weighted by molar-refractivity contribution is 6.78. The minimum atomic E-state index is -1.37. The number of carbonyl (C=O) groups excluding carboxylic acids is 1. The Morgan fingerprint density at radius 1 is 1.54 bits per heavy atom. The molecule has 2 atom stereocenters. The monoisotopic (exact) mass is 202 g/mol. The summed E-state index contributed by atoms with van der Waals surface area (Å²) in [5.41, 5.74) is -0.514. The van der Waals surface area contributed by atoms with Gasteiger partial charge in [0.2, 0.25) is 0 Å². The van der Waals surface area contributed by atoms with Crippen molar-refractivity contribution in [3.63, 3.8) is 0 Å². The number of epoxide rings is 1. The minimum Gasteiger partial charge on any atom is -0.464 e. The highest BCUT2D eigenvalue weighted by Gasteiger charge is 2.64. The van der Waals surface area contributed by atoms with E-state index >= 15 is 0 Å². The lowest BCUT2D eigenvalue weighted by Crippen LogP contribution is -2.38. The standard InChI is InChI=1S/C9H18O3Si/c1-6-11-7(10)9(2)8(12-9)13(3,4)5/h8H,6H2,1-5H3/t8-,9+/m1/s1. The third-order valence-corrected chi connectivity index (χ3v) is 4.51. The number of hydrogen-bond acceptors (Lipinski definition) is 3. The number of carbonyl (C=O) groups is 1. The molecule has 0 amide bonds. The fraction of sp³-hybridized carbons (Fsp3) is 0.889. The van der Waals surface area contributed by atoms with Gasteiger partial charge in [-0.25, -0.2) is 4.79 Å². The van der Waals surface area contributed by atoms with Crippen LogP contribution in [0.25, 0.3) is 0 Å². The average Bonchev–Trinajstić information content (AvgIpc) is 2.63. The van der Waals surface area contributed by atoms with Gasteiger partial charge in [0.15, 0.2) is 5.60 Å². The summed E-state index contributed by atoms with van der Waals surface area (Å²) in [6.45, 7) is 10.7. The smallest absolute Gasteiger partial charge is 0.340 e. The first-order chi connectivity index (χ1) is 5.82. The van der Waals surface area contributed by atoms with Crippen LogP contribution in [0.15, 0.2) is 0 Å². The SMILES string of the molecule is CCOC(=O)[C@]1(C)O[C@@H]1[Si](C)(C)C. The molecular weight excluding hydrogens is 184 g/mol. The third-order valence-electron chi connectivity index (χ3n) is 2.27. The molecule has 0 aromatic carbocycles. The summed E-state index contributed by atoms with van der Waals surface area (Å²) in [5.74, 6) is -0.206. The Bertz CT molecular complexity index is 221.